The summed E-state index contributed by atoms with van der Waals surface area (Å²) in [5.41, 5.74) is 0.634. The highest BCUT2D eigenvalue weighted by Crippen LogP contribution is 2.36. The molecule has 2 aromatic carbocycles. The minimum Gasteiger partial charge on any atom is -0.507 e. The molecule has 46 heavy (non-hydrogen) atoms. The lowest BCUT2D eigenvalue weighted by atomic mass is 10.0. The first kappa shape index (κ1) is 33.8. The fourth-order valence-corrected chi connectivity index (χ4v) is 5.69. The molecule has 4 rings (SSSR count). The predicted molar refractivity (Wildman–Crippen MR) is 170 cm³/mol. The van der Waals surface area contributed by atoms with Gasteiger partial charge in [-0.15, -0.1) is 11.8 Å². The largest absolute Gasteiger partial charge is 0.507 e. The van der Waals surface area contributed by atoms with Crippen molar-refractivity contribution in [2.45, 2.75) is 49.4 Å². The molecule has 0 aliphatic rings. The van der Waals surface area contributed by atoms with Gasteiger partial charge in [0.1, 0.15) is 17.1 Å². The number of aromatic hydroxyl groups is 1. The average Bonchev–Trinajstić information content (AvgIpc) is 3.52. The Kier molecular flexibility index (Phi) is 11.2. The zero-order valence-corrected chi connectivity index (χ0v) is 25.8. The summed E-state index contributed by atoms with van der Waals surface area (Å²) in [5, 5.41) is 39.7. The average molecular weight is 649 g/mol. The molecule has 2 atom stereocenters. The van der Waals surface area contributed by atoms with Crippen LogP contribution in [0.15, 0.2) is 91.6 Å². The van der Waals surface area contributed by atoms with Gasteiger partial charge in [0.15, 0.2) is 11.2 Å². The number of hydrogen-bond acceptors (Lipinski definition) is 10. The van der Waals surface area contributed by atoms with Gasteiger partial charge >= 0.3 is 11.9 Å². The summed E-state index contributed by atoms with van der Waals surface area (Å²) in [6.07, 6.45) is 8.77. The van der Waals surface area contributed by atoms with Crippen molar-refractivity contribution < 1.29 is 48.4 Å². The number of rotatable bonds is 15. The van der Waals surface area contributed by atoms with Gasteiger partial charge in [-0.3, -0.25) is 9.59 Å². The van der Waals surface area contributed by atoms with E-state index in [-0.39, 0.29) is 39.4 Å². The molecule has 0 fully saturated rings. The first-order valence-electron chi connectivity index (χ1n) is 14.3. The van der Waals surface area contributed by atoms with Gasteiger partial charge in [-0.1, -0.05) is 37.6 Å². The molecule has 2 aromatic heterocycles. The van der Waals surface area contributed by atoms with E-state index in [1.165, 1.54) is 36.9 Å². The van der Waals surface area contributed by atoms with Crippen LogP contribution in [0.2, 0.25) is 0 Å². The van der Waals surface area contributed by atoms with Crippen LogP contribution in [-0.2, 0) is 6.42 Å². The van der Waals surface area contributed by atoms with Crippen LogP contribution in [-0.4, -0.2) is 50.0 Å². The molecule has 0 amide bonds. The van der Waals surface area contributed by atoms with E-state index >= 15 is 0 Å². The molecule has 0 saturated carbocycles. The van der Waals surface area contributed by atoms with Crippen LogP contribution in [0.25, 0.3) is 11.0 Å². The number of aliphatic hydroxyl groups is 1. The van der Waals surface area contributed by atoms with Gasteiger partial charge in [0.05, 0.1) is 35.2 Å². The number of ketones is 1. The summed E-state index contributed by atoms with van der Waals surface area (Å²) in [6, 6.07) is 10.00. The van der Waals surface area contributed by atoms with Crippen LogP contribution in [0.1, 0.15) is 75.4 Å². The van der Waals surface area contributed by atoms with E-state index in [0.29, 0.717) is 35.7 Å². The Morgan fingerprint density at radius 1 is 1.02 bits per heavy atom. The third kappa shape index (κ3) is 8.14. The summed E-state index contributed by atoms with van der Waals surface area (Å²) in [7, 11) is 0. The van der Waals surface area contributed by atoms with Crippen LogP contribution in [0.5, 0.6) is 11.5 Å². The number of phenols is 1. The summed E-state index contributed by atoms with van der Waals surface area (Å²) in [4.78, 5) is 47.4. The highest BCUT2D eigenvalue weighted by molar-refractivity contribution is 8.00. The molecule has 0 bridgehead atoms. The molecular formula is C34H32O11S. The van der Waals surface area contributed by atoms with Crippen LogP contribution >= 0.6 is 11.8 Å². The molecular weight excluding hydrogens is 616 g/mol. The van der Waals surface area contributed by atoms with Crippen molar-refractivity contribution in [3.8, 4) is 11.5 Å². The van der Waals surface area contributed by atoms with E-state index in [2.05, 4.69) is 0 Å². The number of carboxylic acids is 2. The van der Waals surface area contributed by atoms with Crippen molar-refractivity contribution in [2.24, 2.45) is 0 Å². The first-order valence-corrected chi connectivity index (χ1v) is 15.2. The number of hydrogen-bond donors (Lipinski definition) is 4. The molecule has 2 heterocycles. The molecule has 0 spiro atoms. The number of aliphatic hydroxyl groups excluding tert-OH is 1. The normalized spacial score (nSPS) is 12.9. The molecule has 0 aliphatic carbocycles. The fourth-order valence-electron chi connectivity index (χ4n) is 4.60. The number of carbonyl (C=O) groups is 3. The first-order chi connectivity index (χ1) is 22.0. The number of ether oxygens (including phenoxy) is 1. The van der Waals surface area contributed by atoms with E-state index < -0.39 is 34.5 Å². The number of allylic oxidation sites excluding steroid dienone is 2. The molecule has 240 valence electrons. The second kappa shape index (κ2) is 15.3. The second-order valence-electron chi connectivity index (χ2n) is 10.2. The number of benzene rings is 2. The Morgan fingerprint density at radius 3 is 2.46 bits per heavy atom. The molecule has 4 N–H and O–H groups in total. The molecule has 0 saturated heterocycles. The summed E-state index contributed by atoms with van der Waals surface area (Å²) < 4.78 is 16.3. The number of thioether (sulfide) groups is 1. The lowest BCUT2D eigenvalue weighted by Gasteiger charge is -2.18. The maximum absolute atomic E-state index is 12.3. The summed E-state index contributed by atoms with van der Waals surface area (Å²) >= 11 is 1.18. The van der Waals surface area contributed by atoms with E-state index in [1.54, 1.807) is 36.4 Å². The van der Waals surface area contributed by atoms with E-state index in [4.69, 9.17) is 13.6 Å². The fraction of sp³-hybridized carbons (Fsp3) is 0.235. The summed E-state index contributed by atoms with van der Waals surface area (Å²) in [6.45, 7) is 3.66. The maximum Gasteiger partial charge on any atom is 0.371 e. The SMILES string of the molecule is CCCc1c(OCC/C=C\C=C\[C@H](Sc2ccc3c(=O)cc(C(=O)O)oc3c2)[C@H](O)c2coc(C(=O)O)c2)ccc(C(C)=O)c1O. The third-order valence-electron chi connectivity index (χ3n) is 6.88. The second-order valence-corrected chi connectivity index (χ2v) is 11.5. The van der Waals surface area contributed by atoms with Gasteiger partial charge in [-0.2, -0.15) is 0 Å². The number of Topliss-reactive ketones (excluding diaryl/α,β-unsaturated/α-hetero) is 1. The van der Waals surface area contributed by atoms with Crippen LogP contribution in [0.3, 0.4) is 0 Å². The van der Waals surface area contributed by atoms with Crippen molar-refractivity contribution in [3.63, 3.8) is 0 Å². The van der Waals surface area contributed by atoms with Crippen molar-refractivity contribution in [2.75, 3.05) is 6.61 Å². The maximum atomic E-state index is 12.3. The number of furan rings is 1. The monoisotopic (exact) mass is 648 g/mol. The van der Waals surface area contributed by atoms with Gasteiger partial charge in [0.2, 0.25) is 11.5 Å². The minimum atomic E-state index is -1.38. The van der Waals surface area contributed by atoms with E-state index in [9.17, 15) is 39.6 Å². The highest BCUT2D eigenvalue weighted by Gasteiger charge is 2.24. The Labute approximate surface area is 267 Å². The van der Waals surface area contributed by atoms with Crippen molar-refractivity contribution >= 4 is 40.5 Å². The molecule has 12 heteroatoms. The molecule has 0 unspecified atom stereocenters. The van der Waals surface area contributed by atoms with E-state index in [0.717, 1.165) is 18.8 Å². The summed E-state index contributed by atoms with van der Waals surface area (Å²) in [5.74, 6) is -3.28. The molecule has 11 nitrogen and oxygen atoms in total. The number of aromatic carboxylic acids is 2. The number of phenolic OH excluding ortho intramolecular Hbond substituents is 1. The standard InChI is InChI=1S/C34H32O11S/c1-3-8-24-26(13-12-22(19(2)35)32(24)38)43-14-7-5-4-6-9-30(31(37)20-15-28(33(39)40)44-18-20)46-21-10-11-23-25(36)17-29(34(41)42)45-27(23)16-21/h4-6,9-13,15-18,30-31,37-38H,3,7-8,14H2,1-2H3,(H,39,40)(H,41,42)/b5-4-,9-6+/t30-,31+/m0/s1. The zero-order chi connectivity index (χ0) is 33.4. The van der Waals surface area contributed by atoms with Gasteiger partial charge in [-0.25, -0.2) is 9.59 Å². The zero-order valence-electron chi connectivity index (χ0n) is 25.0. The lowest BCUT2D eigenvalue weighted by molar-refractivity contribution is 0.0653. The molecule has 0 radical (unpaired) electrons. The van der Waals surface area contributed by atoms with E-state index in [1.807, 2.05) is 13.0 Å². The number of carbonyl (C=O) groups excluding carboxylic acids is 1. The smallest absolute Gasteiger partial charge is 0.371 e. The Morgan fingerprint density at radius 2 is 1.78 bits per heavy atom. The molecule has 4 aromatic rings. The van der Waals surface area contributed by atoms with Crippen LogP contribution < -0.4 is 10.2 Å². The van der Waals surface area contributed by atoms with Gasteiger partial charge in [0.25, 0.3) is 0 Å². The topological polar surface area (TPSA) is 185 Å². The van der Waals surface area contributed by atoms with Gasteiger partial charge < -0.3 is 34.0 Å². The molecule has 0 aliphatic heterocycles. The van der Waals surface area contributed by atoms with Gasteiger partial charge in [-0.05, 0) is 56.2 Å². The third-order valence-corrected chi connectivity index (χ3v) is 8.09. The van der Waals surface area contributed by atoms with Crippen molar-refractivity contribution in [1.29, 1.82) is 0 Å². The predicted octanol–water partition coefficient (Wildman–Crippen LogP) is 6.42. The van der Waals surface area contributed by atoms with Crippen molar-refractivity contribution in [1.82, 2.24) is 0 Å². The Bertz CT molecular complexity index is 1860. The minimum absolute atomic E-state index is 0.0589. The van der Waals surface area contributed by atoms with Gasteiger partial charge in [0, 0.05) is 22.1 Å². The quantitative estimate of drug-likeness (QED) is 0.0481. The van der Waals surface area contributed by atoms with Crippen molar-refractivity contribution in [3.05, 3.63) is 111 Å². The number of fused-ring (bicyclic) bond motifs is 1. The Balaban J connectivity index is 1.50. The van der Waals surface area contributed by atoms with Crippen LogP contribution in [0, 0.1) is 0 Å². The highest BCUT2D eigenvalue weighted by atomic mass is 32.2. The Hall–Kier alpha value is -5.07. The lowest BCUT2D eigenvalue weighted by Crippen LogP contribution is -2.12. The van der Waals surface area contributed by atoms with Crippen LogP contribution in [0.4, 0.5) is 0 Å². The number of carboxylic acid groups (broad SMARTS) is 2.